The zero-order valence-electron chi connectivity index (χ0n) is 12.0. The zero-order valence-corrected chi connectivity index (χ0v) is 12.0. The molecule has 23 heavy (non-hydrogen) atoms. The molecule has 3 rings (SSSR count). The minimum Gasteiger partial charge on any atom is -0.304 e. The highest BCUT2D eigenvalue weighted by Crippen LogP contribution is 2.20. The van der Waals surface area contributed by atoms with Crippen molar-refractivity contribution in [3.05, 3.63) is 86.2 Å². The summed E-state index contributed by atoms with van der Waals surface area (Å²) in [5.41, 5.74) is 1.57. The molecule has 0 saturated carbocycles. The van der Waals surface area contributed by atoms with E-state index in [-0.39, 0.29) is 17.8 Å². The average Bonchev–Trinajstić information content (AvgIpc) is 2.57. The predicted molar refractivity (Wildman–Crippen MR) is 85.1 cm³/mol. The fraction of sp³-hybridized carbons (Fsp3) is 0.0588. The number of nitriles is 1. The van der Waals surface area contributed by atoms with Crippen molar-refractivity contribution in [3.8, 4) is 6.07 Å². The van der Waals surface area contributed by atoms with Crippen LogP contribution in [0.2, 0.25) is 0 Å². The number of fused-ring (bicyclic) bond motifs is 1. The van der Waals surface area contributed by atoms with Gasteiger partial charge >= 0.3 is 0 Å². The Morgan fingerprint density at radius 2 is 1.91 bits per heavy atom. The lowest BCUT2D eigenvalue weighted by Crippen LogP contribution is -2.20. The Bertz CT molecular complexity index is 1020. The monoisotopic (exact) mass is 305 g/mol. The predicted octanol–water partition coefficient (Wildman–Crippen LogP) is 2.83. The van der Waals surface area contributed by atoms with Crippen molar-refractivity contribution < 1.29 is 4.92 Å². The molecule has 2 aromatic carbocycles. The van der Waals surface area contributed by atoms with Gasteiger partial charge in [0.05, 0.1) is 28.6 Å². The quantitative estimate of drug-likeness (QED) is 0.549. The first-order chi connectivity index (χ1) is 11.1. The Labute approximate surface area is 131 Å². The standard InChI is InChI=1S/C17H11N3O3/c18-10-13-3-1-2-4-14(13)11-19-16-7-6-15(20(22)23)9-12(16)5-8-17(19)21/h1-9H,11H2. The highest BCUT2D eigenvalue weighted by Gasteiger charge is 2.11. The molecule has 0 spiro atoms. The van der Waals surface area contributed by atoms with Crippen molar-refractivity contribution in [2.45, 2.75) is 6.54 Å². The van der Waals surface area contributed by atoms with Crippen molar-refractivity contribution in [1.29, 1.82) is 5.26 Å². The van der Waals surface area contributed by atoms with E-state index in [1.165, 1.54) is 22.8 Å². The van der Waals surface area contributed by atoms with Crippen LogP contribution in [0.25, 0.3) is 10.9 Å². The molecule has 6 nitrogen and oxygen atoms in total. The second-order valence-electron chi connectivity index (χ2n) is 5.03. The minimum atomic E-state index is -0.472. The maximum atomic E-state index is 12.2. The lowest BCUT2D eigenvalue weighted by molar-refractivity contribution is -0.384. The average molecular weight is 305 g/mol. The van der Waals surface area contributed by atoms with E-state index in [2.05, 4.69) is 6.07 Å². The Morgan fingerprint density at radius 1 is 1.13 bits per heavy atom. The van der Waals surface area contributed by atoms with Gasteiger partial charge < -0.3 is 4.57 Å². The molecule has 1 heterocycles. The molecular formula is C17H11N3O3. The molecule has 0 N–H and O–H groups in total. The molecule has 1 aromatic heterocycles. The molecule has 0 aliphatic heterocycles. The van der Waals surface area contributed by atoms with Gasteiger partial charge in [-0.1, -0.05) is 18.2 Å². The molecular weight excluding hydrogens is 294 g/mol. The van der Waals surface area contributed by atoms with E-state index in [9.17, 15) is 14.9 Å². The summed E-state index contributed by atoms with van der Waals surface area (Å²) in [7, 11) is 0. The Morgan fingerprint density at radius 3 is 2.65 bits per heavy atom. The molecule has 0 fully saturated rings. The topological polar surface area (TPSA) is 88.9 Å². The zero-order chi connectivity index (χ0) is 16.4. The summed E-state index contributed by atoms with van der Waals surface area (Å²) in [6, 6.07) is 16.4. The highest BCUT2D eigenvalue weighted by atomic mass is 16.6. The highest BCUT2D eigenvalue weighted by molar-refractivity contribution is 5.81. The molecule has 0 bridgehead atoms. The van der Waals surface area contributed by atoms with Gasteiger partial charge in [-0.15, -0.1) is 0 Å². The lowest BCUT2D eigenvalue weighted by Gasteiger charge is -2.11. The number of benzene rings is 2. The molecule has 6 heteroatoms. The minimum absolute atomic E-state index is 0.0277. The van der Waals surface area contributed by atoms with Crippen LogP contribution in [-0.2, 0) is 6.54 Å². The van der Waals surface area contributed by atoms with Crippen molar-refractivity contribution >= 4 is 16.6 Å². The van der Waals surface area contributed by atoms with Crippen LogP contribution in [0.3, 0.4) is 0 Å². The van der Waals surface area contributed by atoms with Gasteiger partial charge in [-0.3, -0.25) is 14.9 Å². The van der Waals surface area contributed by atoms with E-state index in [4.69, 9.17) is 5.26 Å². The van der Waals surface area contributed by atoms with E-state index in [0.29, 0.717) is 16.5 Å². The first-order valence-corrected chi connectivity index (χ1v) is 6.86. The molecule has 0 saturated heterocycles. The molecule has 0 unspecified atom stereocenters. The van der Waals surface area contributed by atoms with Gasteiger partial charge in [0.15, 0.2) is 0 Å². The number of nitro groups is 1. The van der Waals surface area contributed by atoms with E-state index < -0.39 is 4.92 Å². The Balaban J connectivity index is 2.17. The summed E-state index contributed by atoms with van der Waals surface area (Å²) in [6.07, 6.45) is 0. The van der Waals surface area contributed by atoms with Gasteiger partial charge in [0, 0.05) is 23.6 Å². The van der Waals surface area contributed by atoms with E-state index in [1.54, 1.807) is 36.4 Å². The number of nitrogens with zero attached hydrogens (tertiary/aromatic N) is 3. The first kappa shape index (κ1) is 14.5. The fourth-order valence-corrected chi connectivity index (χ4v) is 2.51. The van der Waals surface area contributed by atoms with Crippen molar-refractivity contribution in [2.24, 2.45) is 0 Å². The summed E-state index contributed by atoms with van der Waals surface area (Å²) < 4.78 is 1.51. The third-order valence-electron chi connectivity index (χ3n) is 3.65. The summed E-state index contributed by atoms with van der Waals surface area (Å²) in [5.74, 6) is 0. The fourth-order valence-electron chi connectivity index (χ4n) is 2.51. The van der Waals surface area contributed by atoms with E-state index in [1.807, 2.05) is 0 Å². The number of non-ortho nitro benzene ring substituents is 1. The summed E-state index contributed by atoms with van der Waals surface area (Å²) in [6.45, 7) is 0.234. The second-order valence-corrected chi connectivity index (χ2v) is 5.03. The van der Waals surface area contributed by atoms with Crippen LogP contribution < -0.4 is 5.56 Å². The largest absolute Gasteiger partial charge is 0.304 e. The van der Waals surface area contributed by atoms with Crippen LogP contribution in [0.5, 0.6) is 0 Å². The normalized spacial score (nSPS) is 10.4. The van der Waals surface area contributed by atoms with Crippen LogP contribution in [0.15, 0.2) is 59.4 Å². The number of hydrogen-bond acceptors (Lipinski definition) is 4. The Kier molecular flexibility index (Phi) is 3.61. The van der Waals surface area contributed by atoms with Gasteiger partial charge in [0.2, 0.25) is 0 Å². The molecule has 3 aromatic rings. The maximum Gasteiger partial charge on any atom is 0.270 e. The summed E-state index contributed by atoms with van der Waals surface area (Å²) >= 11 is 0. The molecule has 112 valence electrons. The lowest BCUT2D eigenvalue weighted by atomic mass is 10.1. The summed E-state index contributed by atoms with van der Waals surface area (Å²) in [5, 5.41) is 20.6. The van der Waals surface area contributed by atoms with Gasteiger partial charge in [0.25, 0.3) is 11.2 Å². The third kappa shape index (κ3) is 2.68. The van der Waals surface area contributed by atoms with Crippen molar-refractivity contribution in [3.63, 3.8) is 0 Å². The third-order valence-corrected chi connectivity index (χ3v) is 3.65. The smallest absolute Gasteiger partial charge is 0.270 e. The number of rotatable bonds is 3. The van der Waals surface area contributed by atoms with Gasteiger partial charge in [-0.2, -0.15) is 5.26 Å². The number of aromatic nitrogens is 1. The molecule has 0 radical (unpaired) electrons. The number of nitro benzene ring substituents is 1. The number of pyridine rings is 1. The van der Waals surface area contributed by atoms with Crippen LogP contribution in [-0.4, -0.2) is 9.49 Å². The van der Waals surface area contributed by atoms with Gasteiger partial charge in [-0.25, -0.2) is 0 Å². The molecule has 0 aliphatic rings. The van der Waals surface area contributed by atoms with Crippen LogP contribution in [0, 0.1) is 21.4 Å². The van der Waals surface area contributed by atoms with E-state index >= 15 is 0 Å². The molecule has 0 atom stereocenters. The number of hydrogen-bond donors (Lipinski definition) is 0. The molecule has 0 aliphatic carbocycles. The maximum absolute atomic E-state index is 12.2. The second kappa shape index (κ2) is 5.73. The van der Waals surface area contributed by atoms with Gasteiger partial charge in [-0.05, 0) is 23.8 Å². The Hall–Kier alpha value is -3.46. The van der Waals surface area contributed by atoms with Crippen molar-refractivity contribution in [2.75, 3.05) is 0 Å². The van der Waals surface area contributed by atoms with Crippen LogP contribution in [0.1, 0.15) is 11.1 Å². The molecule has 0 amide bonds. The first-order valence-electron chi connectivity index (χ1n) is 6.86. The van der Waals surface area contributed by atoms with E-state index in [0.717, 1.165) is 5.56 Å². The van der Waals surface area contributed by atoms with Crippen molar-refractivity contribution in [1.82, 2.24) is 4.57 Å². The SMILES string of the molecule is N#Cc1ccccc1Cn1c(=O)ccc2cc([N+](=O)[O-])ccc21. The van der Waals surface area contributed by atoms with Crippen LogP contribution >= 0.6 is 0 Å². The van der Waals surface area contributed by atoms with Crippen LogP contribution in [0.4, 0.5) is 5.69 Å². The van der Waals surface area contributed by atoms with Gasteiger partial charge in [0.1, 0.15) is 0 Å². The summed E-state index contributed by atoms with van der Waals surface area (Å²) in [4.78, 5) is 22.6.